The molecule has 1 aliphatic heterocycles. The zero-order chi connectivity index (χ0) is 9.35. The number of amides is 1. The van der Waals surface area contributed by atoms with Crippen molar-refractivity contribution in [1.29, 1.82) is 0 Å². The van der Waals surface area contributed by atoms with Crippen molar-refractivity contribution in [3.8, 4) is 0 Å². The van der Waals surface area contributed by atoms with Crippen molar-refractivity contribution in [3.63, 3.8) is 0 Å². The van der Waals surface area contributed by atoms with E-state index in [2.05, 4.69) is 0 Å². The van der Waals surface area contributed by atoms with Crippen LogP contribution in [-0.4, -0.2) is 45.7 Å². The molecule has 1 fully saturated rings. The van der Waals surface area contributed by atoms with Gasteiger partial charge in [0.25, 0.3) is 0 Å². The van der Waals surface area contributed by atoms with Crippen LogP contribution < -0.4 is 0 Å². The van der Waals surface area contributed by atoms with Crippen LogP contribution in [0.2, 0.25) is 0 Å². The minimum absolute atomic E-state index is 0.235. The highest BCUT2D eigenvalue weighted by Crippen LogP contribution is 2.20. The van der Waals surface area contributed by atoms with E-state index in [0.29, 0.717) is 0 Å². The van der Waals surface area contributed by atoms with Crippen LogP contribution in [0.4, 0.5) is 0 Å². The predicted molar refractivity (Wildman–Crippen MR) is 39.5 cm³/mol. The van der Waals surface area contributed by atoms with E-state index in [9.17, 15) is 14.7 Å². The first kappa shape index (κ1) is 8.99. The summed E-state index contributed by atoms with van der Waals surface area (Å²) in [6.45, 7) is 2.08. The SMILES string of the molecule is CC1(O)CN(C(=O)CC(=O)O)C1. The maximum atomic E-state index is 11.0. The van der Waals surface area contributed by atoms with Gasteiger partial charge in [0.1, 0.15) is 6.42 Å². The highest BCUT2D eigenvalue weighted by atomic mass is 16.4. The van der Waals surface area contributed by atoms with E-state index < -0.39 is 23.9 Å². The number of aliphatic hydroxyl groups is 1. The average Bonchev–Trinajstić information content (AvgIpc) is 1.80. The molecule has 2 N–H and O–H groups in total. The molecule has 0 spiro atoms. The van der Waals surface area contributed by atoms with Gasteiger partial charge in [0.2, 0.25) is 5.91 Å². The van der Waals surface area contributed by atoms with E-state index >= 15 is 0 Å². The Morgan fingerprint density at radius 1 is 1.50 bits per heavy atom. The van der Waals surface area contributed by atoms with Crippen molar-refractivity contribution >= 4 is 11.9 Å². The second kappa shape index (κ2) is 2.75. The molecule has 68 valence electrons. The first-order chi connectivity index (χ1) is 5.41. The van der Waals surface area contributed by atoms with Crippen LogP contribution in [0.5, 0.6) is 0 Å². The van der Waals surface area contributed by atoms with Crippen molar-refractivity contribution in [3.05, 3.63) is 0 Å². The van der Waals surface area contributed by atoms with Gasteiger partial charge < -0.3 is 15.1 Å². The predicted octanol–water partition coefficient (Wildman–Crippen LogP) is -0.946. The lowest BCUT2D eigenvalue weighted by Gasteiger charge is -2.43. The van der Waals surface area contributed by atoms with Gasteiger partial charge in [-0.2, -0.15) is 0 Å². The monoisotopic (exact) mass is 173 g/mol. The van der Waals surface area contributed by atoms with E-state index in [1.165, 1.54) is 4.90 Å². The van der Waals surface area contributed by atoms with E-state index in [-0.39, 0.29) is 13.1 Å². The summed E-state index contributed by atoms with van der Waals surface area (Å²) in [5.74, 6) is -1.57. The summed E-state index contributed by atoms with van der Waals surface area (Å²) in [5.41, 5.74) is -0.825. The Labute approximate surface area is 69.6 Å². The number of carboxylic acid groups (broad SMARTS) is 1. The summed E-state index contributed by atoms with van der Waals surface area (Å²) < 4.78 is 0. The molecule has 12 heavy (non-hydrogen) atoms. The topological polar surface area (TPSA) is 77.8 Å². The minimum Gasteiger partial charge on any atom is -0.481 e. The first-order valence-electron chi connectivity index (χ1n) is 3.63. The van der Waals surface area contributed by atoms with Gasteiger partial charge in [-0.3, -0.25) is 9.59 Å². The Kier molecular flexibility index (Phi) is 2.06. The summed E-state index contributed by atoms with van der Waals surface area (Å²) in [6, 6.07) is 0. The second-order valence-corrected chi connectivity index (χ2v) is 3.32. The fourth-order valence-corrected chi connectivity index (χ4v) is 1.19. The van der Waals surface area contributed by atoms with Crippen molar-refractivity contribution < 1.29 is 19.8 Å². The van der Waals surface area contributed by atoms with Gasteiger partial charge in [-0.25, -0.2) is 0 Å². The number of β-amino-alcohol motifs (C(OH)–C–C–N with tert-alkyl or cyclic N) is 1. The number of aliphatic carboxylic acids is 1. The lowest BCUT2D eigenvalue weighted by molar-refractivity contribution is -0.157. The lowest BCUT2D eigenvalue weighted by Crippen LogP contribution is -2.61. The van der Waals surface area contributed by atoms with Gasteiger partial charge >= 0.3 is 5.97 Å². The third-order valence-electron chi connectivity index (χ3n) is 1.72. The van der Waals surface area contributed by atoms with Gasteiger partial charge in [-0.15, -0.1) is 0 Å². The molecule has 0 aromatic heterocycles. The van der Waals surface area contributed by atoms with Crippen molar-refractivity contribution in [2.24, 2.45) is 0 Å². The van der Waals surface area contributed by atoms with E-state index in [1.807, 2.05) is 0 Å². The summed E-state index contributed by atoms with van der Waals surface area (Å²) >= 11 is 0. The molecule has 5 heteroatoms. The van der Waals surface area contributed by atoms with Gasteiger partial charge in [0.15, 0.2) is 0 Å². The molecule has 0 aromatic carbocycles. The van der Waals surface area contributed by atoms with Gasteiger partial charge in [-0.1, -0.05) is 0 Å². The Hall–Kier alpha value is -1.10. The highest BCUT2D eigenvalue weighted by molar-refractivity contribution is 5.93. The number of nitrogens with zero attached hydrogens (tertiary/aromatic N) is 1. The fourth-order valence-electron chi connectivity index (χ4n) is 1.19. The molecule has 0 unspecified atom stereocenters. The van der Waals surface area contributed by atoms with Crippen LogP contribution in [0.3, 0.4) is 0 Å². The largest absolute Gasteiger partial charge is 0.481 e. The molecule has 0 aliphatic carbocycles. The molecule has 0 atom stereocenters. The molecule has 1 aliphatic rings. The number of carbonyl (C=O) groups is 2. The summed E-state index contributed by atoms with van der Waals surface area (Å²) in [5, 5.41) is 17.5. The maximum Gasteiger partial charge on any atom is 0.312 e. The average molecular weight is 173 g/mol. The molecule has 1 saturated heterocycles. The molecule has 0 saturated carbocycles. The number of hydrogen-bond donors (Lipinski definition) is 2. The van der Waals surface area contributed by atoms with Gasteiger partial charge in [0.05, 0.1) is 18.7 Å². The number of hydrogen-bond acceptors (Lipinski definition) is 3. The molecular formula is C7H11NO4. The first-order valence-corrected chi connectivity index (χ1v) is 3.63. The van der Waals surface area contributed by atoms with Crippen molar-refractivity contribution in [1.82, 2.24) is 4.90 Å². The number of likely N-dealkylation sites (tertiary alicyclic amines) is 1. The number of carboxylic acids is 1. The third-order valence-corrected chi connectivity index (χ3v) is 1.72. The fraction of sp³-hybridized carbons (Fsp3) is 0.714. The number of rotatable bonds is 2. The molecule has 0 aromatic rings. The zero-order valence-corrected chi connectivity index (χ0v) is 6.78. The molecule has 5 nitrogen and oxygen atoms in total. The van der Waals surface area contributed by atoms with Crippen LogP contribution in [0.25, 0.3) is 0 Å². The van der Waals surface area contributed by atoms with Crippen LogP contribution >= 0.6 is 0 Å². The Morgan fingerprint density at radius 2 is 2.00 bits per heavy atom. The quantitative estimate of drug-likeness (QED) is 0.528. The summed E-state index contributed by atoms with van der Waals surface area (Å²) in [6.07, 6.45) is -0.490. The third kappa shape index (κ3) is 1.94. The molecular weight excluding hydrogens is 162 g/mol. The normalized spacial score (nSPS) is 20.0. The van der Waals surface area contributed by atoms with E-state index in [0.717, 1.165) is 0 Å². The molecule has 0 radical (unpaired) electrons. The van der Waals surface area contributed by atoms with Crippen LogP contribution in [-0.2, 0) is 9.59 Å². The van der Waals surface area contributed by atoms with Crippen LogP contribution in [0.15, 0.2) is 0 Å². The van der Waals surface area contributed by atoms with Gasteiger partial charge in [-0.05, 0) is 6.92 Å². The highest BCUT2D eigenvalue weighted by Gasteiger charge is 2.39. The van der Waals surface area contributed by atoms with Gasteiger partial charge in [0, 0.05) is 0 Å². The Morgan fingerprint density at radius 3 is 2.33 bits per heavy atom. The molecule has 1 amide bonds. The number of carbonyl (C=O) groups excluding carboxylic acids is 1. The van der Waals surface area contributed by atoms with Crippen LogP contribution in [0.1, 0.15) is 13.3 Å². The summed E-state index contributed by atoms with van der Waals surface area (Å²) in [7, 11) is 0. The zero-order valence-electron chi connectivity index (χ0n) is 6.78. The Bertz CT molecular complexity index is 215. The Balaban J connectivity index is 2.33. The van der Waals surface area contributed by atoms with Crippen molar-refractivity contribution in [2.75, 3.05) is 13.1 Å². The lowest BCUT2D eigenvalue weighted by atomic mass is 9.97. The molecule has 1 rings (SSSR count). The molecule has 0 bridgehead atoms. The standard InChI is InChI=1S/C7H11NO4/c1-7(12)3-8(4-7)5(9)2-6(10)11/h12H,2-4H2,1H3,(H,10,11). The van der Waals surface area contributed by atoms with Crippen LogP contribution in [0, 0.1) is 0 Å². The van der Waals surface area contributed by atoms with Crippen molar-refractivity contribution in [2.45, 2.75) is 18.9 Å². The van der Waals surface area contributed by atoms with E-state index in [4.69, 9.17) is 5.11 Å². The maximum absolute atomic E-state index is 11.0. The minimum atomic E-state index is -1.13. The summed E-state index contributed by atoms with van der Waals surface area (Å²) in [4.78, 5) is 22.4. The van der Waals surface area contributed by atoms with E-state index in [1.54, 1.807) is 6.92 Å². The second-order valence-electron chi connectivity index (χ2n) is 3.32. The molecule has 1 heterocycles. The smallest absolute Gasteiger partial charge is 0.312 e.